The number of ether oxygens (including phenoxy) is 1. The van der Waals surface area contributed by atoms with Gasteiger partial charge in [0.15, 0.2) is 0 Å². The fourth-order valence-electron chi connectivity index (χ4n) is 2.70. The summed E-state index contributed by atoms with van der Waals surface area (Å²) in [6.07, 6.45) is 1.61. The van der Waals surface area contributed by atoms with E-state index in [0.717, 1.165) is 5.01 Å². The predicted molar refractivity (Wildman–Crippen MR) is 118 cm³/mol. The Kier molecular flexibility index (Phi) is 8.11. The Bertz CT molecular complexity index is 903. The van der Waals surface area contributed by atoms with Gasteiger partial charge in [0.2, 0.25) is 0 Å². The minimum absolute atomic E-state index is 0.0175. The zero-order chi connectivity index (χ0) is 23.2. The first-order valence-corrected chi connectivity index (χ1v) is 11.0. The van der Waals surface area contributed by atoms with Crippen molar-refractivity contribution < 1.29 is 18.7 Å². The average Bonchev–Trinajstić information content (AvgIpc) is 3.11. The number of hydrogen-bond donors (Lipinski definition) is 1. The van der Waals surface area contributed by atoms with Crippen LogP contribution in [0.3, 0.4) is 0 Å². The van der Waals surface area contributed by atoms with E-state index in [0.29, 0.717) is 19.5 Å². The third kappa shape index (κ3) is 8.61. The summed E-state index contributed by atoms with van der Waals surface area (Å²) in [4.78, 5) is 34.9. The van der Waals surface area contributed by atoms with Crippen LogP contribution in [0.4, 0.5) is 9.18 Å². The number of carbonyl (C=O) groups is 2. The van der Waals surface area contributed by atoms with Crippen LogP contribution in [0.25, 0.3) is 0 Å². The van der Waals surface area contributed by atoms with E-state index in [2.05, 4.69) is 36.1 Å². The highest BCUT2D eigenvalue weighted by atomic mass is 32.1. The molecule has 2 aromatic rings. The molecule has 170 valence electrons. The molecule has 7 nitrogen and oxygen atoms in total. The van der Waals surface area contributed by atoms with Crippen molar-refractivity contribution in [1.29, 1.82) is 0 Å². The highest BCUT2D eigenvalue weighted by Gasteiger charge is 2.26. The van der Waals surface area contributed by atoms with Gasteiger partial charge in [0.1, 0.15) is 17.1 Å². The van der Waals surface area contributed by atoms with Gasteiger partial charge in [-0.2, -0.15) is 0 Å². The number of rotatable bonds is 7. The Labute approximate surface area is 187 Å². The summed E-state index contributed by atoms with van der Waals surface area (Å²) in [7, 11) is 0. The van der Waals surface area contributed by atoms with Gasteiger partial charge in [0.05, 0.1) is 17.2 Å². The van der Waals surface area contributed by atoms with Crippen molar-refractivity contribution in [2.24, 2.45) is 5.41 Å². The van der Waals surface area contributed by atoms with Crippen molar-refractivity contribution in [1.82, 2.24) is 20.2 Å². The Morgan fingerprint density at radius 3 is 2.55 bits per heavy atom. The Morgan fingerprint density at radius 2 is 1.94 bits per heavy atom. The van der Waals surface area contributed by atoms with E-state index >= 15 is 0 Å². The molecular formula is C22H31FN4O3S. The molecular weight excluding hydrogens is 419 g/mol. The molecule has 2 heterocycles. The molecule has 0 aliphatic heterocycles. The van der Waals surface area contributed by atoms with Gasteiger partial charge < -0.3 is 15.0 Å². The summed E-state index contributed by atoms with van der Waals surface area (Å²) in [5.41, 5.74) is -0.240. The molecule has 0 aliphatic carbocycles. The molecule has 2 rings (SSSR count). The molecule has 0 radical (unpaired) electrons. The monoisotopic (exact) mass is 450 g/mol. The third-order valence-electron chi connectivity index (χ3n) is 3.95. The first kappa shape index (κ1) is 24.7. The van der Waals surface area contributed by atoms with Crippen molar-refractivity contribution >= 4 is 23.3 Å². The van der Waals surface area contributed by atoms with Gasteiger partial charge >= 0.3 is 6.09 Å². The van der Waals surface area contributed by atoms with E-state index in [1.54, 1.807) is 10.3 Å². The second-order valence-corrected chi connectivity index (χ2v) is 10.4. The van der Waals surface area contributed by atoms with Crippen LogP contribution in [-0.2, 0) is 17.7 Å². The van der Waals surface area contributed by atoms with E-state index in [1.165, 1.54) is 29.7 Å². The van der Waals surface area contributed by atoms with Gasteiger partial charge in [-0.05, 0) is 38.3 Å². The molecule has 2 aromatic heterocycles. The standard InChI is InChI=1S/C22H31FN4O3S/c1-21(2,3)14-27(20(29)30-22(4,5)6)11-9-18-26-17(13-31-18)19(28)25-12-16-15(23)8-7-10-24-16/h7-8,10,13H,9,11-12,14H2,1-6H3,(H,25,28). The first-order valence-electron chi connectivity index (χ1n) is 10.1. The maximum absolute atomic E-state index is 13.6. The molecule has 0 aliphatic rings. The number of hydrogen-bond acceptors (Lipinski definition) is 6. The molecule has 0 spiro atoms. The molecule has 31 heavy (non-hydrogen) atoms. The normalized spacial score (nSPS) is 11.8. The van der Waals surface area contributed by atoms with Crippen molar-refractivity contribution in [3.63, 3.8) is 0 Å². The van der Waals surface area contributed by atoms with Crippen LogP contribution in [0.2, 0.25) is 0 Å². The van der Waals surface area contributed by atoms with Gasteiger partial charge in [0, 0.05) is 31.1 Å². The molecule has 0 saturated carbocycles. The molecule has 0 aromatic carbocycles. The average molecular weight is 451 g/mol. The van der Waals surface area contributed by atoms with E-state index in [1.807, 2.05) is 20.8 Å². The maximum atomic E-state index is 13.6. The molecule has 0 unspecified atom stereocenters. The lowest BCUT2D eigenvalue weighted by atomic mass is 9.96. The van der Waals surface area contributed by atoms with Crippen LogP contribution < -0.4 is 5.32 Å². The Balaban J connectivity index is 1.96. The van der Waals surface area contributed by atoms with Crippen LogP contribution >= 0.6 is 11.3 Å². The number of pyridine rings is 1. The SMILES string of the molecule is CC(C)(C)CN(CCc1nc(C(=O)NCc2ncccc2F)cs1)C(=O)OC(C)(C)C. The van der Waals surface area contributed by atoms with Crippen LogP contribution in [0.5, 0.6) is 0 Å². The quantitative estimate of drug-likeness (QED) is 0.674. The third-order valence-corrected chi connectivity index (χ3v) is 4.86. The number of halogens is 1. The number of aromatic nitrogens is 2. The summed E-state index contributed by atoms with van der Waals surface area (Å²) in [6.45, 7) is 12.6. The molecule has 0 fully saturated rings. The molecule has 2 amide bonds. The van der Waals surface area contributed by atoms with E-state index < -0.39 is 17.3 Å². The van der Waals surface area contributed by atoms with Gasteiger partial charge in [-0.15, -0.1) is 11.3 Å². The number of nitrogens with zero attached hydrogens (tertiary/aromatic N) is 3. The van der Waals surface area contributed by atoms with Crippen LogP contribution in [0, 0.1) is 11.2 Å². The molecule has 1 N–H and O–H groups in total. The largest absolute Gasteiger partial charge is 0.444 e. The minimum Gasteiger partial charge on any atom is -0.444 e. The van der Waals surface area contributed by atoms with Gasteiger partial charge in [-0.25, -0.2) is 14.2 Å². The van der Waals surface area contributed by atoms with E-state index in [-0.39, 0.29) is 29.4 Å². The van der Waals surface area contributed by atoms with E-state index in [4.69, 9.17) is 4.74 Å². The van der Waals surface area contributed by atoms with Gasteiger partial charge in [-0.3, -0.25) is 9.78 Å². The van der Waals surface area contributed by atoms with Gasteiger partial charge in [0.25, 0.3) is 5.91 Å². The minimum atomic E-state index is -0.577. The highest BCUT2D eigenvalue weighted by Crippen LogP contribution is 2.19. The van der Waals surface area contributed by atoms with Crippen molar-refractivity contribution in [2.75, 3.05) is 13.1 Å². The summed E-state index contributed by atoms with van der Waals surface area (Å²) >= 11 is 1.35. The lowest BCUT2D eigenvalue weighted by Gasteiger charge is -2.32. The van der Waals surface area contributed by atoms with E-state index in [9.17, 15) is 14.0 Å². The first-order chi connectivity index (χ1) is 14.3. The Hall–Kier alpha value is -2.55. The van der Waals surface area contributed by atoms with Crippen molar-refractivity contribution in [3.05, 3.63) is 45.9 Å². The van der Waals surface area contributed by atoms with Gasteiger partial charge in [-0.1, -0.05) is 20.8 Å². The van der Waals surface area contributed by atoms with Crippen molar-refractivity contribution in [3.8, 4) is 0 Å². The zero-order valence-electron chi connectivity index (χ0n) is 19.0. The summed E-state index contributed by atoms with van der Waals surface area (Å²) in [5.74, 6) is -0.867. The van der Waals surface area contributed by atoms with Crippen LogP contribution in [-0.4, -0.2) is 45.6 Å². The summed E-state index contributed by atoms with van der Waals surface area (Å²) < 4.78 is 19.2. The lowest BCUT2D eigenvalue weighted by molar-refractivity contribution is 0.0190. The fraction of sp³-hybridized carbons (Fsp3) is 0.545. The second kappa shape index (κ2) is 10.2. The van der Waals surface area contributed by atoms with Crippen molar-refractivity contribution in [2.45, 2.75) is 60.1 Å². The number of amides is 2. The van der Waals surface area contributed by atoms with Crippen LogP contribution in [0.15, 0.2) is 23.7 Å². The number of carbonyl (C=O) groups excluding carboxylic acids is 2. The molecule has 0 saturated heterocycles. The predicted octanol–water partition coefficient (Wildman–Crippen LogP) is 4.43. The fourth-order valence-corrected chi connectivity index (χ4v) is 3.47. The summed E-state index contributed by atoms with van der Waals surface area (Å²) in [6, 6.07) is 2.79. The Morgan fingerprint density at radius 1 is 1.23 bits per heavy atom. The zero-order valence-corrected chi connectivity index (χ0v) is 19.8. The number of nitrogens with one attached hydrogen (secondary N) is 1. The highest BCUT2D eigenvalue weighted by molar-refractivity contribution is 7.09. The molecule has 9 heteroatoms. The lowest BCUT2D eigenvalue weighted by Crippen LogP contribution is -2.42. The maximum Gasteiger partial charge on any atom is 0.410 e. The molecule has 0 atom stereocenters. The smallest absolute Gasteiger partial charge is 0.410 e. The topological polar surface area (TPSA) is 84.4 Å². The second-order valence-electron chi connectivity index (χ2n) is 9.45. The summed E-state index contributed by atoms with van der Waals surface area (Å²) in [5, 5.41) is 5.01. The molecule has 0 bridgehead atoms. The number of thiazole rings is 1. The van der Waals surface area contributed by atoms with Crippen LogP contribution in [0.1, 0.15) is 62.7 Å².